The van der Waals surface area contributed by atoms with Gasteiger partial charge < -0.3 is 5.11 Å². The molecule has 1 fully saturated rings. The Labute approximate surface area is 141 Å². The van der Waals surface area contributed by atoms with Crippen molar-refractivity contribution in [3.63, 3.8) is 0 Å². The average Bonchev–Trinajstić information content (AvgIpc) is 2.54. The van der Waals surface area contributed by atoms with Crippen molar-refractivity contribution >= 4 is 0 Å². The van der Waals surface area contributed by atoms with Crippen molar-refractivity contribution in [3.05, 3.63) is 59.2 Å². The molecule has 1 N–H and O–H groups in total. The van der Waals surface area contributed by atoms with E-state index >= 15 is 0 Å². The molecular weight excluding hydrogens is 280 g/mol. The number of benzene rings is 1. The number of rotatable bonds is 4. The normalized spacial score (nSPS) is 30.3. The van der Waals surface area contributed by atoms with Gasteiger partial charge in [0.2, 0.25) is 0 Å². The average molecular weight is 310 g/mol. The van der Waals surface area contributed by atoms with E-state index in [1.807, 2.05) is 0 Å². The monoisotopic (exact) mass is 310 g/mol. The molecule has 0 spiro atoms. The third-order valence-electron chi connectivity index (χ3n) is 5.65. The zero-order valence-corrected chi connectivity index (χ0v) is 14.6. The topological polar surface area (TPSA) is 20.2 Å². The highest BCUT2D eigenvalue weighted by Crippen LogP contribution is 2.50. The minimum atomic E-state index is -0.478. The van der Waals surface area contributed by atoms with Gasteiger partial charge in [-0.3, -0.25) is 0 Å². The highest BCUT2D eigenvalue weighted by atomic mass is 16.3. The van der Waals surface area contributed by atoms with E-state index in [0.29, 0.717) is 11.8 Å². The quantitative estimate of drug-likeness (QED) is 0.700. The third-order valence-corrected chi connectivity index (χ3v) is 5.65. The van der Waals surface area contributed by atoms with Crippen LogP contribution in [0.4, 0.5) is 0 Å². The van der Waals surface area contributed by atoms with Gasteiger partial charge in [-0.1, -0.05) is 66.5 Å². The summed E-state index contributed by atoms with van der Waals surface area (Å²) in [6, 6.07) is 10.8. The van der Waals surface area contributed by atoms with Crippen molar-refractivity contribution < 1.29 is 5.11 Å². The third kappa shape index (κ3) is 3.77. The van der Waals surface area contributed by atoms with Crippen LogP contribution < -0.4 is 0 Å². The first-order valence-electron chi connectivity index (χ1n) is 9.19. The molecule has 0 radical (unpaired) electrons. The molecule has 1 heteroatoms. The van der Waals surface area contributed by atoms with Gasteiger partial charge in [0.25, 0.3) is 0 Å². The SMILES string of the molecule is CC(C)=CCCC1=CC(c2ccccc2)[C@H]2CCCC[C@@]2(O)C1. The van der Waals surface area contributed by atoms with Crippen LogP contribution in [-0.2, 0) is 0 Å². The van der Waals surface area contributed by atoms with Crippen molar-refractivity contribution in [2.45, 2.75) is 70.3 Å². The largest absolute Gasteiger partial charge is 0.389 e. The Hall–Kier alpha value is -1.34. The van der Waals surface area contributed by atoms with Crippen LogP contribution in [0, 0.1) is 5.92 Å². The highest BCUT2D eigenvalue weighted by Gasteiger charge is 2.45. The zero-order valence-electron chi connectivity index (χ0n) is 14.6. The summed E-state index contributed by atoms with van der Waals surface area (Å²) < 4.78 is 0. The molecule has 0 bridgehead atoms. The lowest BCUT2D eigenvalue weighted by Gasteiger charge is -2.47. The predicted octanol–water partition coefficient (Wildman–Crippen LogP) is 5.77. The molecule has 1 nitrogen and oxygen atoms in total. The van der Waals surface area contributed by atoms with Crippen molar-refractivity contribution in [1.29, 1.82) is 0 Å². The number of fused-ring (bicyclic) bond motifs is 1. The number of allylic oxidation sites excluding steroid dienone is 3. The lowest BCUT2D eigenvalue weighted by molar-refractivity contribution is -0.0591. The van der Waals surface area contributed by atoms with Crippen LogP contribution in [0.1, 0.15) is 70.3 Å². The summed E-state index contributed by atoms with van der Waals surface area (Å²) in [5.41, 5.74) is 3.73. The van der Waals surface area contributed by atoms with Gasteiger partial charge >= 0.3 is 0 Å². The van der Waals surface area contributed by atoms with Crippen LogP contribution in [0.2, 0.25) is 0 Å². The van der Waals surface area contributed by atoms with Gasteiger partial charge in [-0.2, -0.15) is 0 Å². The fourth-order valence-electron chi connectivity index (χ4n) is 4.53. The zero-order chi connectivity index (χ0) is 16.3. The summed E-state index contributed by atoms with van der Waals surface area (Å²) in [6.45, 7) is 4.32. The van der Waals surface area contributed by atoms with E-state index in [0.717, 1.165) is 32.1 Å². The Kier molecular flexibility index (Phi) is 5.06. The van der Waals surface area contributed by atoms with Gasteiger partial charge in [-0.05, 0) is 57.4 Å². The van der Waals surface area contributed by atoms with Gasteiger partial charge in [-0.15, -0.1) is 0 Å². The summed E-state index contributed by atoms with van der Waals surface area (Å²) in [5.74, 6) is 0.780. The molecule has 1 aromatic carbocycles. The Morgan fingerprint density at radius 3 is 2.74 bits per heavy atom. The molecule has 0 aliphatic heterocycles. The van der Waals surface area contributed by atoms with Crippen LogP contribution in [-0.4, -0.2) is 10.7 Å². The number of hydrogen-bond acceptors (Lipinski definition) is 1. The van der Waals surface area contributed by atoms with Crippen molar-refractivity contribution in [3.8, 4) is 0 Å². The minimum absolute atomic E-state index is 0.386. The minimum Gasteiger partial charge on any atom is -0.389 e. The van der Waals surface area contributed by atoms with Crippen molar-refractivity contribution in [1.82, 2.24) is 0 Å². The second-order valence-electron chi connectivity index (χ2n) is 7.71. The van der Waals surface area contributed by atoms with E-state index in [-0.39, 0.29) is 0 Å². The molecule has 0 aromatic heterocycles. The molecule has 2 aliphatic carbocycles. The smallest absolute Gasteiger partial charge is 0.0721 e. The van der Waals surface area contributed by atoms with Crippen LogP contribution in [0.5, 0.6) is 0 Å². The molecule has 3 atom stereocenters. The maximum absolute atomic E-state index is 11.3. The Morgan fingerprint density at radius 2 is 2.00 bits per heavy atom. The fourth-order valence-corrected chi connectivity index (χ4v) is 4.53. The van der Waals surface area contributed by atoms with E-state index in [4.69, 9.17) is 0 Å². The summed E-state index contributed by atoms with van der Waals surface area (Å²) in [6.07, 6.45) is 12.4. The molecule has 2 aliphatic rings. The second-order valence-corrected chi connectivity index (χ2v) is 7.71. The molecule has 3 rings (SSSR count). The van der Waals surface area contributed by atoms with E-state index in [9.17, 15) is 5.11 Å². The Balaban J connectivity index is 1.88. The molecule has 1 aromatic rings. The first-order chi connectivity index (χ1) is 11.1. The second kappa shape index (κ2) is 7.05. The van der Waals surface area contributed by atoms with Crippen LogP contribution in [0.15, 0.2) is 53.6 Å². The molecule has 0 heterocycles. The van der Waals surface area contributed by atoms with Crippen molar-refractivity contribution in [2.24, 2.45) is 5.92 Å². The maximum atomic E-state index is 11.3. The number of hydrogen-bond donors (Lipinski definition) is 1. The molecule has 23 heavy (non-hydrogen) atoms. The molecule has 0 amide bonds. The van der Waals surface area contributed by atoms with E-state index in [1.54, 1.807) is 0 Å². The first kappa shape index (κ1) is 16.5. The summed E-state index contributed by atoms with van der Waals surface area (Å²) in [5, 5.41) is 11.3. The van der Waals surface area contributed by atoms with Gasteiger partial charge in [0.15, 0.2) is 0 Å². The lowest BCUT2D eigenvalue weighted by Crippen LogP contribution is -2.46. The predicted molar refractivity (Wildman–Crippen MR) is 97.5 cm³/mol. The molecular formula is C22H30O. The maximum Gasteiger partial charge on any atom is 0.0721 e. The van der Waals surface area contributed by atoms with Gasteiger partial charge in [0, 0.05) is 5.92 Å². The Bertz CT molecular complexity index is 579. The fraction of sp³-hybridized carbons (Fsp3) is 0.545. The Morgan fingerprint density at radius 1 is 1.22 bits per heavy atom. The summed E-state index contributed by atoms with van der Waals surface area (Å²) in [7, 11) is 0. The molecule has 124 valence electrons. The summed E-state index contributed by atoms with van der Waals surface area (Å²) >= 11 is 0. The van der Waals surface area contributed by atoms with Gasteiger partial charge in [0.1, 0.15) is 0 Å². The van der Waals surface area contributed by atoms with E-state index in [1.165, 1.54) is 29.6 Å². The van der Waals surface area contributed by atoms with E-state index < -0.39 is 5.60 Å². The van der Waals surface area contributed by atoms with Crippen LogP contribution in [0.3, 0.4) is 0 Å². The molecule has 1 unspecified atom stereocenters. The highest BCUT2D eigenvalue weighted by molar-refractivity contribution is 5.32. The van der Waals surface area contributed by atoms with Crippen molar-refractivity contribution in [2.75, 3.05) is 0 Å². The lowest BCUT2D eigenvalue weighted by atomic mass is 9.61. The van der Waals surface area contributed by atoms with E-state index in [2.05, 4.69) is 56.3 Å². The van der Waals surface area contributed by atoms with Crippen LogP contribution in [0.25, 0.3) is 0 Å². The van der Waals surface area contributed by atoms with Crippen LogP contribution >= 0.6 is 0 Å². The van der Waals surface area contributed by atoms with Gasteiger partial charge in [-0.25, -0.2) is 0 Å². The summed E-state index contributed by atoms with van der Waals surface area (Å²) in [4.78, 5) is 0. The molecule has 1 saturated carbocycles. The number of aliphatic hydroxyl groups is 1. The van der Waals surface area contributed by atoms with Gasteiger partial charge in [0.05, 0.1) is 5.60 Å². The molecule has 0 saturated heterocycles. The standard InChI is InChI=1S/C22H30O/c1-17(2)9-8-10-18-15-20(19-11-4-3-5-12-19)21-13-6-7-14-22(21,23)16-18/h3-5,9,11-12,15,20-21,23H,6-8,10,13-14,16H2,1-2H3/t20?,21-,22-/m1/s1. The first-order valence-corrected chi connectivity index (χ1v) is 9.19.